The lowest BCUT2D eigenvalue weighted by Crippen LogP contribution is -2.05. The van der Waals surface area contributed by atoms with Crippen molar-refractivity contribution in [3.05, 3.63) is 33.2 Å². The Morgan fingerprint density at radius 1 is 1.19 bits per heavy atom. The van der Waals surface area contributed by atoms with Gasteiger partial charge in [0.1, 0.15) is 0 Å². The van der Waals surface area contributed by atoms with Crippen LogP contribution in [0.3, 0.4) is 0 Å². The van der Waals surface area contributed by atoms with Crippen LogP contribution in [0.2, 0.25) is 10.6 Å². The van der Waals surface area contributed by atoms with Crippen molar-refractivity contribution in [2.75, 3.05) is 0 Å². The SMILES string of the molecule is O=c1ccnc(Sc2nc(Cl)nc(Cl)n2)[nH]1. The highest BCUT2D eigenvalue weighted by molar-refractivity contribution is 7.99. The van der Waals surface area contributed by atoms with Crippen molar-refractivity contribution in [1.29, 1.82) is 0 Å². The van der Waals surface area contributed by atoms with Crippen LogP contribution in [-0.4, -0.2) is 24.9 Å². The van der Waals surface area contributed by atoms with Crippen LogP contribution in [0.25, 0.3) is 0 Å². The quantitative estimate of drug-likeness (QED) is 0.835. The molecule has 0 radical (unpaired) electrons. The molecule has 0 bridgehead atoms. The first kappa shape index (κ1) is 11.3. The molecule has 2 heterocycles. The zero-order valence-electron chi connectivity index (χ0n) is 7.52. The second-order valence-electron chi connectivity index (χ2n) is 2.50. The molecule has 0 aliphatic carbocycles. The molecule has 1 N–H and O–H groups in total. The van der Waals surface area contributed by atoms with Gasteiger partial charge in [-0.15, -0.1) is 0 Å². The molecule has 9 heteroatoms. The van der Waals surface area contributed by atoms with Gasteiger partial charge in [-0.1, -0.05) is 0 Å². The minimum absolute atomic E-state index is 0.0132. The van der Waals surface area contributed by atoms with Crippen LogP contribution >= 0.6 is 35.0 Å². The number of H-pyrrole nitrogens is 1. The van der Waals surface area contributed by atoms with Gasteiger partial charge in [0.2, 0.25) is 15.7 Å². The summed E-state index contributed by atoms with van der Waals surface area (Å²) in [6.07, 6.45) is 1.38. The summed E-state index contributed by atoms with van der Waals surface area (Å²) >= 11 is 12.2. The van der Waals surface area contributed by atoms with E-state index in [0.29, 0.717) is 5.16 Å². The number of hydrogen-bond donors (Lipinski definition) is 1. The molecule has 82 valence electrons. The van der Waals surface area contributed by atoms with Gasteiger partial charge in [0.25, 0.3) is 5.56 Å². The van der Waals surface area contributed by atoms with E-state index in [1.165, 1.54) is 12.3 Å². The van der Waals surface area contributed by atoms with E-state index in [1.807, 2.05) is 0 Å². The lowest BCUT2D eigenvalue weighted by Gasteiger charge is -1.98. The van der Waals surface area contributed by atoms with Crippen molar-refractivity contribution in [1.82, 2.24) is 24.9 Å². The van der Waals surface area contributed by atoms with Crippen molar-refractivity contribution in [2.24, 2.45) is 0 Å². The van der Waals surface area contributed by atoms with Crippen LogP contribution in [0.5, 0.6) is 0 Å². The Bertz CT molecular complexity index is 554. The first-order valence-electron chi connectivity index (χ1n) is 3.94. The molecular weight excluding hydrogens is 273 g/mol. The molecule has 16 heavy (non-hydrogen) atoms. The summed E-state index contributed by atoms with van der Waals surface area (Å²) in [5.41, 5.74) is -0.260. The molecule has 0 atom stereocenters. The highest BCUT2D eigenvalue weighted by Gasteiger charge is 2.06. The summed E-state index contributed by atoms with van der Waals surface area (Å²) < 4.78 is 0. The van der Waals surface area contributed by atoms with Gasteiger partial charge < -0.3 is 4.98 Å². The summed E-state index contributed by atoms with van der Waals surface area (Å²) in [7, 11) is 0. The molecule has 2 aromatic heterocycles. The fourth-order valence-electron chi connectivity index (χ4n) is 0.845. The van der Waals surface area contributed by atoms with Crippen LogP contribution in [0.15, 0.2) is 27.4 Å². The summed E-state index contributed by atoms with van der Waals surface area (Å²) in [5.74, 6) is 0. The Morgan fingerprint density at radius 3 is 2.50 bits per heavy atom. The van der Waals surface area contributed by atoms with E-state index in [2.05, 4.69) is 24.9 Å². The lowest BCUT2D eigenvalue weighted by molar-refractivity contribution is 0.882. The molecule has 0 saturated heterocycles. The molecule has 0 saturated carbocycles. The number of halogens is 2. The van der Waals surface area contributed by atoms with Gasteiger partial charge in [-0.2, -0.15) is 15.0 Å². The van der Waals surface area contributed by atoms with Crippen molar-refractivity contribution in [2.45, 2.75) is 10.3 Å². The second-order valence-corrected chi connectivity index (χ2v) is 4.13. The monoisotopic (exact) mass is 275 g/mol. The number of hydrogen-bond acceptors (Lipinski definition) is 6. The van der Waals surface area contributed by atoms with E-state index in [9.17, 15) is 4.79 Å². The van der Waals surface area contributed by atoms with E-state index < -0.39 is 0 Å². The largest absolute Gasteiger partial charge is 0.301 e. The maximum Gasteiger partial charge on any atom is 0.251 e. The number of rotatable bonds is 2. The molecule has 0 unspecified atom stereocenters. The molecule has 0 aliphatic rings. The van der Waals surface area contributed by atoms with Gasteiger partial charge in [0, 0.05) is 12.3 Å². The molecule has 0 amide bonds. The Kier molecular flexibility index (Phi) is 3.37. The Balaban J connectivity index is 2.30. The van der Waals surface area contributed by atoms with E-state index in [1.54, 1.807) is 0 Å². The normalized spacial score (nSPS) is 10.4. The molecule has 0 aliphatic heterocycles. The Labute approximate surface area is 103 Å². The fraction of sp³-hybridized carbons (Fsp3) is 0. The third-order valence-electron chi connectivity index (χ3n) is 1.40. The molecule has 0 spiro atoms. The van der Waals surface area contributed by atoms with Crippen molar-refractivity contribution in [3.8, 4) is 0 Å². The first-order chi connectivity index (χ1) is 7.63. The van der Waals surface area contributed by atoms with E-state index in [4.69, 9.17) is 23.2 Å². The molecular formula is C7H3Cl2N5OS. The second kappa shape index (κ2) is 4.77. The third-order valence-corrected chi connectivity index (χ3v) is 2.50. The minimum Gasteiger partial charge on any atom is -0.301 e. The Hall–Kier alpha value is -1.18. The predicted octanol–water partition coefficient (Wildman–Crippen LogP) is 1.41. The van der Waals surface area contributed by atoms with Crippen LogP contribution in [0, 0.1) is 0 Å². The predicted molar refractivity (Wildman–Crippen MR) is 58.8 cm³/mol. The standard InChI is InChI=1S/C7H3Cl2N5OS/c8-4-12-5(9)14-7(13-4)16-6-10-2-1-3(15)11-6/h1-2H,(H,10,11,15). The maximum atomic E-state index is 11.0. The van der Waals surface area contributed by atoms with E-state index in [0.717, 1.165) is 11.8 Å². The molecule has 0 fully saturated rings. The first-order valence-corrected chi connectivity index (χ1v) is 5.51. The topological polar surface area (TPSA) is 84.4 Å². The van der Waals surface area contributed by atoms with Gasteiger partial charge in [-0.25, -0.2) is 4.98 Å². The molecule has 6 nitrogen and oxygen atoms in total. The summed E-state index contributed by atoms with van der Waals surface area (Å²) in [5, 5.41) is 0.590. The number of nitrogens with zero attached hydrogens (tertiary/aromatic N) is 4. The van der Waals surface area contributed by atoms with Gasteiger partial charge in [0.15, 0.2) is 5.16 Å². The van der Waals surface area contributed by atoms with Crippen molar-refractivity contribution < 1.29 is 0 Å². The fourth-order valence-corrected chi connectivity index (χ4v) is 2.01. The van der Waals surface area contributed by atoms with Gasteiger partial charge in [0.05, 0.1) is 0 Å². The molecule has 0 aromatic carbocycles. The highest BCUT2D eigenvalue weighted by Crippen LogP contribution is 2.21. The highest BCUT2D eigenvalue weighted by atomic mass is 35.5. The maximum absolute atomic E-state index is 11.0. The smallest absolute Gasteiger partial charge is 0.251 e. The van der Waals surface area contributed by atoms with Crippen LogP contribution < -0.4 is 5.56 Å². The Morgan fingerprint density at radius 2 is 1.88 bits per heavy atom. The van der Waals surface area contributed by atoms with E-state index >= 15 is 0 Å². The average molecular weight is 276 g/mol. The number of aromatic amines is 1. The van der Waals surface area contributed by atoms with Crippen LogP contribution in [-0.2, 0) is 0 Å². The van der Waals surface area contributed by atoms with Gasteiger partial charge in [-0.3, -0.25) is 4.79 Å². The molecule has 2 rings (SSSR count). The van der Waals surface area contributed by atoms with Gasteiger partial charge in [-0.05, 0) is 35.0 Å². The minimum atomic E-state index is -0.260. The summed E-state index contributed by atoms with van der Waals surface area (Å²) in [6.45, 7) is 0. The average Bonchev–Trinajstić information content (AvgIpc) is 2.15. The summed E-state index contributed by atoms with van der Waals surface area (Å²) in [6, 6.07) is 1.30. The zero-order valence-corrected chi connectivity index (χ0v) is 9.84. The number of aromatic nitrogens is 5. The molecule has 2 aromatic rings. The van der Waals surface area contributed by atoms with Gasteiger partial charge >= 0.3 is 0 Å². The van der Waals surface area contributed by atoms with Crippen LogP contribution in [0.4, 0.5) is 0 Å². The zero-order chi connectivity index (χ0) is 11.5. The number of nitrogens with one attached hydrogen (secondary N) is 1. The lowest BCUT2D eigenvalue weighted by atomic mass is 10.7. The van der Waals surface area contributed by atoms with Crippen molar-refractivity contribution in [3.63, 3.8) is 0 Å². The van der Waals surface area contributed by atoms with E-state index in [-0.39, 0.29) is 21.3 Å². The summed E-state index contributed by atoms with van der Waals surface area (Å²) in [4.78, 5) is 28.7. The van der Waals surface area contributed by atoms with Crippen LogP contribution in [0.1, 0.15) is 0 Å². The van der Waals surface area contributed by atoms with Crippen molar-refractivity contribution >= 4 is 35.0 Å². The third kappa shape index (κ3) is 2.91.